The minimum Gasteiger partial charge on any atom is -0.452 e. The maximum atomic E-state index is 12.7. The molecule has 4 aromatic carbocycles. The number of nitrogens with zero attached hydrogens (tertiary/aromatic N) is 2. The standard InChI is InChI=1S/C29H20ClN3O3/c30-22-13-7-8-14-23(22)31-26(34)18-36-29(35)21-15-16-24-25(17-21)33-28(20-11-5-2-6-12-20)27(32-24)19-9-3-1-4-10-19/h1-17H,18H2,(H,31,34). The zero-order chi connectivity index (χ0) is 24.9. The van der Waals surface area contributed by atoms with Crippen molar-refractivity contribution >= 4 is 40.2 Å². The number of para-hydroxylation sites is 1. The van der Waals surface area contributed by atoms with Crippen LogP contribution < -0.4 is 5.32 Å². The van der Waals surface area contributed by atoms with E-state index in [1.54, 1.807) is 42.5 Å². The second-order valence-electron chi connectivity index (χ2n) is 7.96. The van der Waals surface area contributed by atoms with Crippen molar-refractivity contribution in [3.8, 4) is 22.5 Å². The number of aromatic nitrogens is 2. The zero-order valence-electron chi connectivity index (χ0n) is 19.0. The van der Waals surface area contributed by atoms with E-state index in [9.17, 15) is 9.59 Å². The van der Waals surface area contributed by atoms with Crippen LogP contribution in [0.25, 0.3) is 33.5 Å². The van der Waals surface area contributed by atoms with Crippen molar-refractivity contribution in [2.45, 2.75) is 0 Å². The van der Waals surface area contributed by atoms with Gasteiger partial charge in [0.15, 0.2) is 6.61 Å². The van der Waals surface area contributed by atoms with Gasteiger partial charge in [0.1, 0.15) is 0 Å². The van der Waals surface area contributed by atoms with E-state index in [4.69, 9.17) is 26.3 Å². The van der Waals surface area contributed by atoms with Crippen LogP contribution in [0, 0.1) is 0 Å². The molecule has 5 aromatic rings. The summed E-state index contributed by atoms with van der Waals surface area (Å²) >= 11 is 6.05. The van der Waals surface area contributed by atoms with Gasteiger partial charge in [0.05, 0.1) is 38.7 Å². The molecule has 176 valence electrons. The first-order valence-electron chi connectivity index (χ1n) is 11.2. The molecule has 7 heteroatoms. The van der Waals surface area contributed by atoms with Crippen LogP contribution >= 0.6 is 11.6 Å². The Morgan fingerprint density at radius 1 is 0.722 bits per heavy atom. The fraction of sp³-hybridized carbons (Fsp3) is 0.0345. The number of benzene rings is 4. The molecule has 0 saturated carbocycles. The van der Waals surface area contributed by atoms with E-state index >= 15 is 0 Å². The van der Waals surface area contributed by atoms with Gasteiger partial charge >= 0.3 is 5.97 Å². The number of hydrogen-bond donors (Lipinski definition) is 1. The fourth-order valence-electron chi connectivity index (χ4n) is 3.74. The van der Waals surface area contributed by atoms with Gasteiger partial charge in [-0.2, -0.15) is 0 Å². The molecule has 5 rings (SSSR count). The highest BCUT2D eigenvalue weighted by molar-refractivity contribution is 6.33. The minimum absolute atomic E-state index is 0.272. The maximum Gasteiger partial charge on any atom is 0.338 e. The monoisotopic (exact) mass is 493 g/mol. The number of nitrogens with one attached hydrogen (secondary N) is 1. The van der Waals surface area contributed by atoms with Gasteiger partial charge in [-0.15, -0.1) is 0 Å². The number of ether oxygens (including phenoxy) is 1. The third-order valence-corrected chi connectivity index (χ3v) is 5.81. The van der Waals surface area contributed by atoms with Crippen molar-refractivity contribution < 1.29 is 14.3 Å². The van der Waals surface area contributed by atoms with Crippen molar-refractivity contribution in [1.82, 2.24) is 9.97 Å². The molecule has 0 aliphatic rings. The number of carbonyl (C=O) groups is 2. The lowest BCUT2D eigenvalue weighted by atomic mass is 10.0. The average Bonchev–Trinajstić information content (AvgIpc) is 2.93. The van der Waals surface area contributed by atoms with E-state index in [0.717, 1.165) is 16.8 Å². The van der Waals surface area contributed by atoms with E-state index in [1.807, 2.05) is 60.7 Å². The summed E-state index contributed by atoms with van der Waals surface area (Å²) in [6, 6.07) is 31.4. The molecule has 0 radical (unpaired) electrons. The number of hydrogen-bond acceptors (Lipinski definition) is 5. The molecule has 1 aromatic heterocycles. The topological polar surface area (TPSA) is 81.2 Å². The molecular formula is C29H20ClN3O3. The fourth-order valence-corrected chi connectivity index (χ4v) is 3.92. The molecule has 1 N–H and O–H groups in total. The maximum absolute atomic E-state index is 12.7. The van der Waals surface area contributed by atoms with E-state index < -0.39 is 18.5 Å². The molecule has 0 aliphatic heterocycles. The molecule has 0 unspecified atom stereocenters. The van der Waals surface area contributed by atoms with Gasteiger partial charge in [0.25, 0.3) is 5.91 Å². The van der Waals surface area contributed by atoms with Gasteiger partial charge in [0.2, 0.25) is 0 Å². The summed E-state index contributed by atoms with van der Waals surface area (Å²) in [7, 11) is 0. The lowest BCUT2D eigenvalue weighted by Gasteiger charge is -2.11. The number of amides is 1. The van der Waals surface area contributed by atoms with E-state index in [1.165, 1.54) is 0 Å². The number of carbonyl (C=O) groups excluding carboxylic acids is 2. The van der Waals surface area contributed by atoms with Crippen molar-refractivity contribution in [3.63, 3.8) is 0 Å². The second kappa shape index (κ2) is 10.4. The Bertz CT molecular complexity index is 1560. The predicted molar refractivity (Wildman–Crippen MR) is 141 cm³/mol. The molecule has 0 atom stereocenters. The van der Waals surface area contributed by atoms with Gasteiger partial charge in [-0.3, -0.25) is 4.79 Å². The minimum atomic E-state index is -0.638. The largest absolute Gasteiger partial charge is 0.452 e. The molecule has 0 aliphatic carbocycles. The van der Waals surface area contributed by atoms with Gasteiger partial charge in [-0.1, -0.05) is 84.4 Å². The van der Waals surface area contributed by atoms with Gasteiger partial charge < -0.3 is 10.1 Å². The summed E-state index contributed by atoms with van der Waals surface area (Å²) in [4.78, 5) is 34.6. The Morgan fingerprint density at radius 3 is 1.94 bits per heavy atom. The highest BCUT2D eigenvalue weighted by Crippen LogP contribution is 2.31. The molecule has 6 nitrogen and oxygen atoms in total. The average molecular weight is 494 g/mol. The van der Waals surface area contributed by atoms with Crippen LogP contribution in [0.15, 0.2) is 103 Å². The van der Waals surface area contributed by atoms with Crippen LogP contribution in [0.1, 0.15) is 10.4 Å². The van der Waals surface area contributed by atoms with Crippen molar-refractivity contribution in [3.05, 3.63) is 114 Å². The number of esters is 1. The molecule has 1 amide bonds. The molecule has 0 bridgehead atoms. The summed E-state index contributed by atoms with van der Waals surface area (Å²) in [6.45, 7) is -0.448. The highest BCUT2D eigenvalue weighted by atomic mass is 35.5. The Morgan fingerprint density at radius 2 is 1.31 bits per heavy atom. The molecule has 1 heterocycles. The first kappa shape index (κ1) is 23.2. The Balaban J connectivity index is 1.41. The zero-order valence-corrected chi connectivity index (χ0v) is 19.8. The van der Waals surface area contributed by atoms with Crippen molar-refractivity contribution in [2.75, 3.05) is 11.9 Å². The SMILES string of the molecule is O=C(COC(=O)c1ccc2nc(-c3ccccc3)c(-c3ccccc3)nc2c1)Nc1ccccc1Cl. The smallest absolute Gasteiger partial charge is 0.338 e. The second-order valence-corrected chi connectivity index (χ2v) is 8.37. The summed E-state index contributed by atoms with van der Waals surface area (Å²) in [5.74, 6) is -1.13. The van der Waals surface area contributed by atoms with Crippen LogP contribution in [-0.4, -0.2) is 28.5 Å². The molecular weight excluding hydrogens is 474 g/mol. The van der Waals surface area contributed by atoms with Crippen LogP contribution in [0.4, 0.5) is 5.69 Å². The van der Waals surface area contributed by atoms with Crippen molar-refractivity contribution in [1.29, 1.82) is 0 Å². The Kier molecular flexibility index (Phi) is 6.69. The third kappa shape index (κ3) is 5.09. The number of anilines is 1. The first-order chi connectivity index (χ1) is 17.6. The van der Waals surface area contributed by atoms with Crippen molar-refractivity contribution in [2.24, 2.45) is 0 Å². The van der Waals surface area contributed by atoms with Crippen LogP contribution in [0.5, 0.6) is 0 Å². The summed E-state index contributed by atoms with van der Waals surface area (Å²) in [6.07, 6.45) is 0. The Labute approximate surface area is 212 Å². The number of rotatable bonds is 6. The third-order valence-electron chi connectivity index (χ3n) is 5.48. The van der Waals surface area contributed by atoms with Gasteiger partial charge in [-0.25, -0.2) is 14.8 Å². The molecule has 0 spiro atoms. The van der Waals surface area contributed by atoms with Crippen LogP contribution in [0.3, 0.4) is 0 Å². The first-order valence-corrected chi connectivity index (χ1v) is 11.6. The lowest BCUT2D eigenvalue weighted by molar-refractivity contribution is -0.119. The quantitative estimate of drug-likeness (QED) is 0.276. The summed E-state index contributed by atoms with van der Waals surface area (Å²) in [5, 5.41) is 3.02. The van der Waals surface area contributed by atoms with E-state index in [2.05, 4.69) is 5.32 Å². The normalized spacial score (nSPS) is 10.7. The van der Waals surface area contributed by atoms with E-state index in [-0.39, 0.29) is 5.56 Å². The molecule has 36 heavy (non-hydrogen) atoms. The number of fused-ring (bicyclic) bond motifs is 1. The summed E-state index contributed by atoms with van der Waals surface area (Å²) in [5.41, 5.74) is 5.22. The molecule has 0 saturated heterocycles. The summed E-state index contributed by atoms with van der Waals surface area (Å²) < 4.78 is 5.22. The predicted octanol–water partition coefficient (Wildman–Crippen LogP) is 6.41. The Hall–Kier alpha value is -4.55. The van der Waals surface area contributed by atoms with Gasteiger partial charge in [0, 0.05) is 11.1 Å². The van der Waals surface area contributed by atoms with E-state index in [0.29, 0.717) is 27.4 Å². The van der Waals surface area contributed by atoms with Crippen LogP contribution in [0.2, 0.25) is 5.02 Å². The lowest BCUT2D eigenvalue weighted by Crippen LogP contribution is -2.21. The van der Waals surface area contributed by atoms with Gasteiger partial charge in [-0.05, 0) is 30.3 Å². The molecule has 0 fully saturated rings. The van der Waals surface area contributed by atoms with Crippen LogP contribution in [-0.2, 0) is 9.53 Å². The number of halogens is 1. The highest BCUT2D eigenvalue weighted by Gasteiger charge is 2.16.